The number of nitrogens with zero attached hydrogens (tertiary/aromatic N) is 4. The molecule has 172 valence electrons. The van der Waals surface area contributed by atoms with Gasteiger partial charge in [-0.1, -0.05) is 29.8 Å². The first-order valence-corrected chi connectivity index (χ1v) is 12.3. The first-order chi connectivity index (χ1) is 15.3. The lowest BCUT2D eigenvalue weighted by Gasteiger charge is -2.35. The normalized spacial score (nSPS) is 18.3. The van der Waals surface area contributed by atoms with E-state index in [1.807, 2.05) is 12.1 Å². The van der Waals surface area contributed by atoms with Gasteiger partial charge in [-0.15, -0.1) is 0 Å². The highest BCUT2D eigenvalue weighted by Crippen LogP contribution is 2.25. The first-order valence-electron chi connectivity index (χ1n) is 10.5. The molecule has 2 heterocycles. The van der Waals surface area contributed by atoms with E-state index in [1.54, 1.807) is 4.90 Å². The van der Waals surface area contributed by atoms with E-state index in [-0.39, 0.29) is 28.9 Å². The van der Waals surface area contributed by atoms with Crippen LogP contribution in [0.3, 0.4) is 0 Å². The molecule has 7 nitrogen and oxygen atoms in total. The number of fused-ring (bicyclic) bond motifs is 1. The van der Waals surface area contributed by atoms with Crippen LogP contribution >= 0.6 is 11.6 Å². The van der Waals surface area contributed by atoms with E-state index in [0.717, 1.165) is 25.2 Å². The zero-order valence-electron chi connectivity index (χ0n) is 17.9. The maximum Gasteiger partial charge on any atom is 0.243 e. The minimum Gasteiger partial charge on any atom is -0.373 e. The number of carbonyl (C=O) groups excluding carboxylic acids is 1. The van der Waals surface area contributed by atoms with E-state index in [1.165, 1.54) is 21.6 Å². The Balaban J connectivity index is 1.36. The Hall–Kier alpha value is -2.20. The van der Waals surface area contributed by atoms with Crippen LogP contribution in [0, 0.1) is 5.82 Å². The second-order valence-electron chi connectivity index (χ2n) is 8.12. The number of likely N-dealkylation sites (N-methyl/N-ethyl adjacent to an activating group) is 1. The predicted molar refractivity (Wildman–Crippen MR) is 122 cm³/mol. The van der Waals surface area contributed by atoms with E-state index in [0.29, 0.717) is 26.2 Å². The van der Waals surface area contributed by atoms with E-state index in [9.17, 15) is 17.6 Å². The summed E-state index contributed by atoms with van der Waals surface area (Å²) in [6.45, 7) is 3.61. The average Bonchev–Trinajstić information content (AvgIpc) is 2.94. The maximum atomic E-state index is 13.4. The lowest BCUT2D eigenvalue weighted by atomic mass is 10.1. The number of amides is 1. The molecule has 0 bridgehead atoms. The molecule has 0 atom stereocenters. The molecule has 2 aromatic carbocycles. The fourth-order valence-electron chi connectivity index (χ4n) is 4.14. The van der Waals surface area contributed by atoms with Gasteiger partial charge in [0.2, 0.25) is 15.9 Å². The van der Waals surface area contributed by atoms with Gasteiger partial charge in [-0.25, -0.2) is 12.8 Å². The van der Waals surface area contributed by atoms with Gasteiger partial charge in [-0.3, -0.25) is 9.69 Å². The van der Waals surface area contributed by atoms with Gasteiger partial charge in [0.1, 0.15) is 5.82 Å². The molecule has 1 amide bonds. The van der Waals surface area contributed by atoms with Gasteiger partial charge in [-0.05, 0) is 29.8 Å². The van der Waals surface area contributed by atoms with E-state index in [4.69, 9.17) is 11.6 Å². The number of para-hydroxylation sites is 1. The van der Waals surface area contributed by atoms with Crippen molar-refractivity contribution in [3.63, 3.8) is 0 Å². The van der Waals surface area contributed by atoms with Gasteiger partial charge in [0.15, 0.2) is 0 Å². The number of benzene rings is 2. The third-order valence-corrected chi connectivity index (χ3v) is 8.21. The molecule has 0 N–H and O–H groups in total. The molecule has 10 heteroatoms. The Morgan fingerprint density at radius 1 is 1.03 bits per heavy atom. The van der Waals surface area contributed by atoms with E-state index < -0.39 is 15.8 Å². The van der Waals surface area contributed by atoms with Crippen molar-refractivity contribution in [3.8, 4) is 0 Å². The molecule has 32 heavy (non-hydrogen) atoms. The number of carbonyl (C=O) groups is 1. The molecule has 0 unspecified atom stereocenters. The number of sulfonamides is 1. The zero-order chi connectivity index (χ0) is 22.9. The lowest BCUT2D eigenvalue weighted by molar-refractivity contribution is -0.133. The van der Waals surface area contributed by atoms with Crippen LogP contribution in [0.5, 0.6) is 0 Å². The molecule has 2 aliphatic heterocycles. The van der Waals surface area contributed by atoms with E-state index >= 15 is 0 Å². The molecule has 2 aliphatic rings. The van der Waals surface area contributed by atoms with Gasteiger partial charge in [-0.2, -0.15) is 4.31 Å². The second-order valence-corrected chi connectivity index (χ2v) is 10.5. The zero-order valence-corrected chi connectivity index (χ0v) is 19.4. The van der Waals surface area contributed by atoms with Gasteiger partial charge in [0.05, 0.1) is 16.5 Å². The number of hydrogen-bond donors (Lipinski definition) is 0. The lowest BCUT2D eigenvalue weighted by Crippen LogP contribution is -2.52. The molecule has 1 fully saturated rings. The predicted octanol–water partition coefficient (Wildman–Crippen LogP) is 2.26. The summed E-state index contributed by atoms with van der Waals surface area (Å²) in [7, 11) is -1.74. The largest absolute Gasteiger partial charge is 0.373 e. The molecular formula is C22H26ClFN4O3S. The number of halogens is 2. The third-order valence-electron chi connectivity index (χ3n) is 6.03. The van der Waals surface area contributed by atoms with Crippen LogP contribution in [0.2, 0.25) is 5.02 Å². The molecule has 4 rings (SSSR count). The van der Waals surface area contributed by atoms with Crippen molar-refractivity contribution >= 4 is 33.2 Å². The summed E-state index contributed by atoms with van der Waals surface area (Å²) in [6.07, 6.45) is 0. The van der Waals surface area contributed by atoms with Crippen molar-refractivity contribution in [3.05, 3.63) is 58.9 Å². The van der Waals surface area contributed by atoms with Crippen molar-refractivity contribution in [2.75, 3.05) is 57.8 Å². The van der Waals surface area contributed by atoms with Gasteiger partial charge in [0.25, 0.3) is 0 Å². The Bertz CT molecular complexity index is 1110. The Morgan fingerprint density at radius 2 is 1.75 bits per heavy atom. The van der Waals surface area contributed by atoms with Crippen LogP contribution in [0.1, 0.15) is 5.56 Å². The van der Waals surface area contributed by atoms with Crippen LogP contribution in [-0.4, -0.2) is 81.3 Å². The summed E-state index contributed by atoms with van der Waals surface area (Å²) in [6, 6.07) is 11.6. The molecule has 2 aromatic rings. The highest BCUT2D eigenvalue weighted by molar-refractivity contribution is 7.89. The van der Waals surface area contributed by atoms with Crippen LogP contribution in [0.15, 0.2) is 47.4 Å². The van der Waals surface area contributed by atoms with E-state index in [2.05, 4.69) is 29.0 Å². The van der Waals surface area contributed by atoms with Crippen molar-refractivity contribution in [2.24, 2.45) is 0 Å². The topological polar surface area (TPSA) is 64.2 Å². The van der Waals surface area contributed by atoms with Crippen LogP contribution in [0.25, 0.3) is 0 Å². The number of piperazine rings is 1. The van der Waals surface area contributed by atoms with Crippen LogP contribution in [0.4, 0.5) is 10.1 Å². The highest BCUT2D eigenvalue weighted by Gasteiger charge is 2.31. The summed E-state index contributed by atoms with van der Waals surface area (Å²) in [4.78, 5) is 18.9. The minimum absolute atomic E-state index is 0.00564. The van der Waals surface area contributed by atoms with Gasteiger partial charge in [0, 0.05) is 58.5 Å². The maximum absolute atomic E-state index is 13.4. The third kappa shape index (κ3) is 4.76. The van der Waals surface area contributed by atoms with Gasteiger partial charge < -0.3 is 9.80 Å². The molecule has 1 saturated heterocycles. The second kappa shape index (κ2) is 9.35. The molecule has 0 aliphatic carbocycles. The summed E-state index contributed by atoms with van der Waals surface area (Å²) < 4.78 is 40.4. The molecular weight excluding hydrogens is 455 g/mol. The molecule has 0 radical (unpaired) electrons. The van der Waals surface area contributed by atoms with Crippen molar-refractivity contribution in [1.29, 1.82) is 0 Å². The van der Waals surface area contributed by atoms with Crippen LogP contribution in [-0.2, 0) is 21.4 Å². The highest BCUT2D eigenvalue weighted by atomic mass is 35.5. The number of hydrogen-bond acceptors (Lipinski definition) is 5. The fraction of sp³-hybridized carbons (Fsp3) is 0.409. The minimum atomic E-state index is -3.79. The number of rotatable bonds is 4. The summed E-state index contributed by atoms with van der Waals surface area (Å²) >= 11 is 5.75. The number of anilines is 1. The summed E-state index contributed by atoms with van der Waals surface area (Å²) in [5.41, 5.74) is 2.37. The molecule has 0 aromatic heterocycles. The first kappa shape index (κ1) is 23.0. The molecule has 0 spiro atoms. The van der Waals surface area contributed by atoms with Crippen molar-refractivity contribution in [1.82, 2.24) is 14.1 Å². The average molecular weight is 481 g/mol. The van der Waals surface area contributed by atoms with Crippen LogP contribution < -0.4 is 4.90 Å². The Morgan fingerprint density at radius 3 is 2.47 bits per heavy atom. The SMILES string of the molecule is CN1CCN(CC(=O)N2CCN(S(=O)(=O)c3ccc(F)c(Cl)c3)CC2)Cc2ccccc21. The summed E-state index contributed by atoms with van der Waals surface area (Å²) in [5, 5.41) is -0.232. The quantitative estimate of drug-likeness (QED) is 0.671. The Kier molecular flexibility index (Phi) is 6.71. The van der Waals surface area contributed by atoms with Crippen molar-refractivity contribution < 1.29 is 17.6 Å². The monoisotopic (exact) mass is 480 g/mol. The van der Waals surface area contributed by atoms with Gasteiger partial charge >= 0.3 is 0 Å². The smallest absolute Gasteiger partial charge is 0.243 e. The molecule has 0 saturated carbocycles. The van der Waals surface area contributed by atoms with Crippen molar-refractivity contribution in [2.45, 2.75) is 11.4 Å². The summed E-state index contributed by atoms with van der Waals surface area (Å²) in [5.74, 6) is -0.669. The standard InChI is InChI=1S/C22H26ClFN4O3S/c1-25-8-9-26(15-17-4-2-3-5-21(17)25)16-22(29)27-10-12-28(13-11-27)32(30,31)18-6-7-20(24)19(23)14-18/h2-7,14H,8-13,15-16H2,1H3. The fourth-order valence-corrected chi connectivity index (χ4v) is 5.83. The Labute approximate surface area is 193 Å².